The number of hydrazone groups is 1. The highest BCUT2D eigenvalue weighted by Crippen LogP contribution is 2.33. The van der Waals surface area contributed by atoms with Crippen molar-refractivity contribution in [3.05, 3.63) is 47.3 Å². The zero-order chi connectivity index (χ0) is 19.8. The first-order valence-corrected chi connectivity index (χ1v) is 10.9. The minimum atomic E-state index is 0.240. The summed E-state index contributed by atoms with van der Waals surface area (Å²) in [4.78, 5) is 22.2. The Bertz CT molecular complexity index is 889. The van der Waals surface area contributed by atoms with Gasteiger partial charge >= 0.3 is 0 Å². The summed E-state index contributed by atoms with van der Waals surface area (Å²) in [5.41, 5.74) is 7.76. The van der Waals surface area contributed by atoms with Crippen LogP contribution in [0.5, 0.6) is 0 Å². The molecule has 1 aliphatic carbocycles. The van der Waals surface area contributed by atoms with E-state index in [9.17, 15) is 4.79 Å². The van der Waals surface area contributed by atoms with E-state index < -0.39 is 0 Å². The van der Waals surface area contributed by atoms with E-state index in [1.165, 1.54) is 11.3 Å². The number of nitrogens with one attached hydrogen (secondary N) is 1. The molecular weight excluding hydrogens is 362 g/mol. The van der Waals surface area contributed by atoms with Gasteiger partial charge in [-0.1, -0.05) is 18.2 Å². The van der Waals surface area contributed by atoms with Crippen LogP contribution in [0.4, 0.5) is 5.69 Å². The fraction of sp³-hybridized carbons (Fsp3) is 0.522. The molecule has 29 heavy (non-hydrogen) atoms. The lowest BCUT2D eigenvalue weighted by atomic mass is 10.0. The van der Waals surface area contributed by atoms with E-state index in [0.29, 0.717) is 12.0 Å². The van der Waals surface area contributed by atoms with Crippen molar-refractivity contribution in [2.45, 2.75) is 44.6 Å². The van der Waals surface area contributed by atoms with Gasteiger partial charge in [0.05, 0.1) is 23.5 Å². The molecule has 1 amide bonds. The Morgan fingerprint density at radius 2 is 2.28 bits per heavy atom. The molecule has 0 aromatic carbocycles. The van der Waals surface area contributed by atoms with Crippen molar-refractivity contribution in [1.29, 1.82) is 0 Å². The van der Waals surface area contributed by atoms with Crippen LogP contribution < -0.4 is 10.3 Å². The van der Waals surface area contributed by atoms with Crippen LogP contribution >= 0.6 is 0 Å². The number of hydrogen-bond donors (Lipinski definition) is 1. The number of fused-ring (bicyclic) bond motifs is 1. The molecule has 0 saturated carbocycles. The summed E-state index contributed by atoms with van der Waals surface area (Å²) in [7, 11) is 0. The van der Waals surface area contributed by atoms with Crippen molar-refractivity contribution in [3.63, 3.8) is 0 Å². The van der Waals surface area contributed by atoms with Crippen LogP contribution in [0.3, 0.4) is 0 Å². The zero-order valence-corrected chi connectivity index (χ0v) is 17.1. The lowest BCUT2D eigenvalue weighted by Crippen LogP contribution is -2.36. The van der Waals surface area contributed by atoms with Crippen LogP contribution in [-0.4, -0.2) is 54.2 Å². The van der Waals surface area contributed by atoms with Crippen molar-refractivity contribution >= 4 is 17.8 Å². The number of aromatic nitrogens is 1. The molecule has 6 heteroatoms. The van der Waals surface area contributed by atoms with Crippen molar-refractivity contribution < 1.29 is 4.79 Å². The van der Waals surface area contributed by atoms with Gasteiger partial charge in [-0.25, -0.2) is 0 Å². The number of allylic oxidation sites excluding steroid dienone is 3. The largest absolute Gasteiger partial charge is 0.369 e. The summed E-state index contributed by atoms with van der Waals surface area (Å²) in [6.45, 7) is 5.95. The van der Waals surface area contributed by atoms with Gasteiger partial charge in [-0.05, 0) is 50.2 Å². The van der Waals surface area contributed by atoms with Crippen LogP contribution in [0.15, 0.2) is 41.2 Å². The Balaban J connectivity index is 1.24. The highest BCUT2D eigenvalue weighted by atomic mass is 16.2. The summed E-state index contributed by atoms with van der Waals surface area (Å²) in [6, 6.07) is 2.57. The predicted octanol–water partition coefficient (Wildman–Crippen LogP) is 2.63. The molecule has 152 valence electrons. The number of amides is 1. The molecule has 6 nitrogen and oxygen atoms in total. The molecule has 1 aromatic rings. The van der Waals surface area contributed by atoms with Gasteiger partial charge in [-0.15, -0.1) is 0 Å². The van der Waals surface area contributed by atoms with Gasteiger partial charge in [0, 0.05) is 44.0 Å². The van der Waals surface area contributed by atoms with E-state index in [1.807, 2.05) is 24.6 Å². The van der Waals surface area contributed by atoms with E-state index in [1.54, 1.807) is 0 Å². The Kier molecular flexibility index (Phi) is 4.86. The molecule has 1 saturated heterocycles. The number of carbonyl (C=O) groups is 1. The number of nitrogens with zero attached hydrogens (tertiary/aromatic N) is 4. The first-order chi connectivity index (χ1) is 14.2. The second-order valence-electron chi connectivity index (χ2n) is 8.75. The highest BCUT2D eigenvalue weighted by molar-refractivity contribution is 5.94. The highest BCUT2D eigenvalue weighted by Gasteiger charge is 2.35. The van der Waals surface area contributed by atoms with E-state index >= 15 is 0 Å². The maximum Gasteiger partial charge on any atom is 0.250 e. The molecule has 0 spiro atoms. The first kappa shape index (κ1) is 18.4. The van der Waals surface area contributed by atoms with Crippen molar-refractivity contribution in [2.24, 2.45) is 11.0 Å². The SMILES string of the molecule is C[C@H]1C[C@@H](CN2CCc3cc(C4C=NNC4)ncc32)CN1C(=O)C1=CC=CCC1. The summed E-state index contributed by atoms with van der Waals surface area (Å²) < 4.78 is 0. The van der Waals surface area contributed by atoms with Crippen LogP contribution in [-0.2, 0) is 11.2 Å². The first-order valence-electron chi connectivity index (χ1n) is 10.9. The normalized spacial score (nSPS) is 27.9. The number of carbonyl (C=O) groups excluding carboxylic acids is 1. The number of pyridine rings is 1. The Hall–Kier alpha value is -2.63. The van der Waals surface area contributed by atoms with Gasteiger partial charge in [-0.2, -0.15) is 5.10 Å². The second kappa shape index (κ2) is 7.65. The van der Waals surface area contributed by atoms with E-state index in [4.69, 9.17) is 4.98 Å². The quantitative estimate of drug-likeness (QED) is 0.857. The Labute approximate surface area is 172 Å². The number of hydrogen-bond acceptors (Lipinski definition) is 5. The number of anilines is 1. The van der Waals surface area contributed by atoms with E-state index in [-0.39, 0.29) is 11.8 Å². The monoisotopic (exact) mass is 391 g/mol. The van der Waals surface area contributed by atoms with Gasteiger partial charge in [0.25, 0.3) is 0 Å². The van der Waals surface area contributed by atoms with Crippen molar-refractivity contribution in [3.8, 4) is 0 Å². The van der Waals surface area contributed by atoms with E-state index in [0.717, 1.165) is 63.1 Å². The van der Waals surface area contributed by atoms with Gasteiger partial charge in [0.1, 0.15) is 0 Å². The molecule has 1 unspecified atom stereocenters. The third-order valence-electron chi connectivity index (χ3n) is 6.71. The molecule has 5 rings (SSSR count). The van der Waals surface area contributed by atoms with Gasteiger partial charge < -0.3 is 15.2 Å². The minimum absolute atomic E-state index is 0.240. The van der Waals surface area contributed by atoms with Gasteiger partial charge in [0.15, 0.2) is 0 Å². The molecule has 1 N–H and O–H groups in total. The fourth-order valence-electron chi connectivity index (χ4n) is 5.12. The maximum atomic E-state index is 12.9. The molecule has 4 heterocycles. The van der Waals surface area contributed by atoms with Gasteiger partial charge in [0.2, 0.25) is 5.91 Å². The Morgan fingerprint density at radius 1 is 1.34 bits per heavy atom. The van der Waals surface area contributed by atoms with Crippen molar-refractivity contribution in [1.82, 2.24) is 15.3 Å². The van der Waals surface area contributed by atoms with Crippen LogP contribution in [0.25, 0.3) is 0 Å². The van der Waals surface area contributed by atoms with Crippen LogP contribution in [0.2, 0.25) is 0 Å². The van der Waals surface area contributed by atoms with Gasteiger partial charge in [-0.3, -0.25) is 9.78 Å². The summed E-state index contributed by atoms with van der Waals surface area (Å²) in [5, 5.41) is 4.11. The molecule has 0 radical (unpaired) electrons. The number of likely N-dealkylation sites (tertiary alicyclic amines) is 1. The summed E-state index contributed by atoms with van der Waals surface area (Å²) in [6.07, 6.45) is 14.1. The van der Waals surface area contributed by atoms with Crippen molar-refractivity contribution in [2.75, 3.05) is 31.1 Å². The second-order valence-corrected chi connectivity index (χ2v) is 8.75. The predicted molar refractivity (Wildman–Crippen MR) is 115 cm³/mol. The Morgan fingerprint density at radius 3 is 3.07 bits per heavy atom. The third-order valence-corrected chi connectivity index (χ3v) is 6.71. The molecule has 4 aliphatic rings. The average molecular weight is 392 g/mol. The van der Waals surface area contributed by atoms with Crippen LogP contribution in [0, 0.1) is 5.92 Å². The molecular formula is C23H29N5O. The lowest BCUT2D eigenvalue weighted by molar-refractivity contribution is -0.127. The molecule has 1 fully saturated rings. The van der Waals surface area contributed by atoms with E-state index in [2.05, 4.69) is 39.4 Å². The molecule has 3 aliphatic heterocycles. The smallest absolute Gasteiger partial charge is 0.250 e. The third kappa shape index (κ3) is 3.56. The fourth-order valence-corrected chi connectivity index (χ4v) is 5.12. The number of rotatable bonds is 4. The standard InChI is InChI=1S/C23H29N5O/c1-16-9-17(15-28(16)23(29)18-5-3-2-4-6-18)14-27-8-7-19-10-21(24-13-22(19)27)20-11-25-26-12-20/h2-3,5,10-11,13,16-17,20,26H,4,6-9,12,14-15H2,1H3/t16-,17-,20?/m0/s1. The summed E-state index contributed by atoms with van der Waals surface area (Å²) >= 11 is 0. The lowest BCUT2D eigenvalue weighted by Gasteiger charge is -2.25. The molecule has 1 aromatic heterocycles. The zero-order valence-electron chi connectivity index (χ0n) is 17.1. The summed E-state index contributed by atoms with van der Waals surface area (Å²) in [5.74, 6) is 1.04. The molecule has 0 bridgehead atoms. The average Bonchev–Trinajstić information content (AvgIpc) is 3.49. The molecule has 3 atom stereocenters. The van der Waals surface area contributed by atoms with Crippen LogP contribution in [0.1, 0.15) is 43.4 Å². The minimum Gasteiger partial charge on any atom is -0.369 e. The topological polar surface area (TPSA) is 60.8 Å². The maximum absolute atomic E-state index is 12.9.